The quantitative estimate of drug-likeness (QED) is 0.594. The normalized spacial score (nSPS) is 18.3. The third kappa shape index (κ3) is 3.94. The molecule has 1 aromatic carbocycles. The number of benzene rings is 1. The molecule has 1 saturated heterocycles. The third-order valence-corrected chi connectivity index (χ3v) is 5.71. The van der Waals surface area contributed by atoms with E-state index in [4.69, 9.17) is 17.0 Å². The van der Waals surface area contributed by atoms with Crippen molar-refractivity contribution in [2.24, 2.45) is 0 Å². The second kappa shape index (κ2) is 7.67. The van der Waals surface area contributed by atoms with Crippen LogP contribution in [-0.4, -0.2) is 61.9 Å². The zero-order chi connectivity index (χ0) is 18.0. The molecule has 25 heavy (non-hydrogen) atoms. The Kier molecular flexibility index (Phi) is 5.55. The van der Waals surface area contributed by atoms with Crippen LogP contribution in [0.25, 0.3) is 5.69 Å². The van der Waals surface area contributed by atoms with E-state index in [0.29, 0.717) is 18.0 Å². The predicted octanol–water partition coefficient (Wildman–Crippen LogP) is 1.96. The monoisotopic (exact) mass is 379 g/mol. The number of hydrogen-bond acceptors (Lipinski definition) is 7. The second-order valence-corrected chi connectivity index (χ2v) is 7.74. The smallest absolute Gasteiger partial charge is 0.320 e. The fourth-order valence-electron chi connectivity index (χ4n) is 2.85. The van der Waals surface area contributed by atoms with E-state index in [1.54, 1.807) is 21.1 Å². The molecule has 3 rings (SSSR count). The van der Waals surface area contributed by atoms with Gasteiger partial charge < -0.3 is 4.74 Å². The van der Waals surface area contributed by atoms with Gasteiger partial charge >= 0.3 is 5.97 Å². The first-order valence-corrected chi connectivity index (χ1v) is 9.47. The molecule has 1 aromatic heterocycles. The average Bonchev–Trinajstić information content (AvgIpc) is 2.95. The molecule has 9 heteroatoms. The van der Waals surface area contributed by atoms with Crippen LogP contribution in [0.4, 0.5) is 0 Å². The number of methoxy groups -OCH3 is 1. The van der Waals surface area contributed by atoms with Crippen molar-refractivity contribution >= 4 is 29.9 Å². The Morgan fingerprint density at radius 3 is 2.92 bits per heavy atom. The van der Waals surface area contributed by atoms with Gasteiger partial charge in [-0.1, -0.05) is 17.7 Å². The Morgan fingerprint density at radius 2 is 2.20 bits per heavy atom. The molecule has 134 valence electrons. The molecular weight excluding hydrogens is 358 g/mol. The number of thioether (sulfide) groups is 1. The van der Waals surface area contributed by atoms with Crippen LogP contribution < -0.4 is 0 Å². The van der Waals surface area contributed by atoms with E-state index in [9.17, 15) is 4.79 Å². The summed E-state index contributed by atoms with van der Waals surface area (Å²) in [7, 11) is 1.42. The van der Waals surface area contributed by atoms with E-state index >= 15 is 0 Å². The Labute approximate surface area is 155 Å². The van der Waals surface area contributed by atoms with Crippen molar-refractivity contribution in [3.63, 3.8) is 0 Å². The Hall–Kier alpha value is -1.71. The lowest BCUT2D eigenvalue weighted by Crippen LogP contribution is -2.42. The predicted molar refractivity (Wildman–Crippen MR) is 99.5 cm³/mol. The van der Waals surface area contributed by atoms with Crippen LogP contribution in [0.2, 0.25) is 0 Å². The van der Waals surface area contributed by atoms with Gasteiger partial charge in [-0.05, 0) is 48.1 Å². The van der Waals surface area contributed by atoms with Gasteiger partial charge in [0.25, 0.3) is 0 Å². The first kappa shape index (κ1) is 18.1. The number of esters is 1. The van der Waals surface area contributed by atoms with Crippen molar-refractivity contribution in [1.29, 1.82) is 0 Å². The number of nitrogens with zero attached hydrogens (tertiary/aromatic N) is 5. The van der Waals surface area contributed by atoms with E-state index < -0.39 is 0 Å². The van der Waals surface area contributed by atoms with E-state index in [0.717, 1.165) is 23.5 Å². The maximum Gasteiger partial charge on any atom is 0.320 e. The van der Waals surface area contributed by atoms with Crippen LogP contribution in [-0.2, 0) is 16.2 Å². The molecule has 2 heterocycles. The zero-order valence-electron chi connectivity index (χ0n) is 14.5. The van der Waals surface area contributed by atoms with E-state index in [2.05, 4.69) is 28.3 Å². The molecule has 2 aromatic rings. The summed E-state index contributed by atoms with van der Waals surface area (Å²) in [5.41, 5.74) is 3.23. The standard InChI is InChI=1S/C16H21N5O2S2/c1-11-4-5-13(12(2)8-11)21-16(24)20(17-18-21)10-19-6-7-25-14(9-19)15(22)23-3/h4-5,8,14H,6-7,9-10H2,1-3H3/t14-/m1/s1. The van der Waals surface area contributed by atoms with Crippen molar-refractivity contribution in [2.45, 2.75) is 25.8 Å². The summed E-state index contributed by atoms with van der Waals surface area (Å²) in [6, 6.07) is 6.13. The van der Waals surface area contributed by atoms with Gasteiger partial charge in [0.15, 0.2) is 0 Å². The van der Waals surface area contributed by atoms with Gasteiger partial charge in [-0.15, -0.1) is 11.8 Å². The lowest BCUT2D eigenvalue weighted by molar-refractivity contribution is -0.140. The molecule has 1 aliphatic heterocycles. The Balaban J connectivity index is 1.77. The number of aryl methyl sites for hydroxylation is 2. The van der Waals surface area contributed by atoms with Gasteiger partial charge in [-0.3, -0.25) is 9.69 Å². The van der Waals surface area contributed by atoms with Crippen molar-refractivity contribution in [3.05, 3.63) is 34.1 Å². The highest BCUT2D eigenvalue weighted by Gasteiger charge is 2.27. The summed E-state index contributed by atoms with van der Waals surface area (Å²) in [4.78, 5) is 13.9. The zero-order valence-corrected chi connectivity index (χ0v) is 16.1. The van der Waals surface area contributed by atoms with Crippen LogP contribution in [0, 0.1) is 18.6 Å². The molecule has 0 spiro atoms. The highest BCUT2D eigenvalue weighted by molar-refractivity contribution is 8.00. The second-order valence-electron chi connectivity index (χ2n) is 6.06. The van der Waals surface area contributed by atoms with Gasteiger partial charge in [-0.25, -0.2) is 4.68 Å². The molecule has 0 saturated carbocycles. The van der Waals surface area contributed by atoms with Crippen LogP contribution in [0.3, 0.4) is 0 Å². The summed E-state index contributed by atoms with van der Waals surface area (Å²) in [5.74, 6) is 0.690. The summed E-state index contributed by atoms with van der Waals surface area (Å²) < 4.78 is 8.77. The minimum Gasteiger partial charge on any atom is -0.468 e. The molecule has 0 unspecified atom stereocenters. The van der Waals surface area contributed by atoms with E-state index in [-0.39, 0.29) is 11.2 Å². The molecule has 1 fully saturated rings. The minimum atomic E-state index is -0.183. The number of hydrogen-bond donors (Lipinski definition) is 0. The number of tetrazole rings is 1. The lowest BCUT2D eigenvalue weighted by Gasteiger charge is -2.30. The molecule has 1 aliphatic rings. The topological polar surface area (TPSA) is 65.2 Å². The van der Waals surface area contributed by atoms with Crippen LogP contribution in [0.15, 0.2) is 18.2 Å². The Bertz CT molecular complexity index is 832. The fraction of sp³-hybridized carbons (Fsp3) is 0.500. The Morgan fingerprint density at radius 1 is 1.40 bits per heavy atom. The van der Waals surface area contributed by atoms with Crippen LogP contribution in [0.5, 0.6) is 0 Å². The molecule has 7 nitrogen and oxygen atoms in total. The van der Waals surface area contributed by atoms with Gasteiger partial charge in [0.2, 0.25) is 4.77 Å². The minimum absolute atomic E-state index is 0.165. The van der Waals surface area contributed by atoms with Gasteiger partial charge in [-0.2, -0.15) is 4.68 Å². The molecule has 0 bridgehead atoms. The molecule has 1 atom stereocenters. The van der Waals surface area contributed by atoms with Crippen molar-refractivity contribution in [3.8, 4) is 5.69 Å². The lowest BCUT2D eigenvalue weighted by atomic mass is 10.1. The van der Waals surface area contributed by atoms with Crippen molar-refractivity contribution in [1.82, 2.24) is 24.7 Å². The SMILES string of the molecule is COC(=O)[C@H]1CN(Cn2nnn(-c3ccc(C)cc3C)c2=S)CCS1. The maximum absolute atomic E-state index is 11.8. The number of carbonyl (C=O) groups excluding carboxylic acids is 1. The average molecular weight is 380 g/mol. The largest absolute Gasteiger partial charge is 0.468 e. The molecule has 0 aliphatic carbocycles. The van der Waals surface area contributed by atoms with Gasteiger partial charge in [0.1, 0.15) is 5.25 Å². The summed E-state index contributed by atoms with van der Waals surface area (Å²) >= 11 is 7.18. The molecule has 0 N–H and O–H groups in total. The number of aromatic nitrogens is 4. The summed E-state index contributed by atoms with van der Waals surface area (Å²) in [6.07, 6.45) is 0. The van der Waals surface area contributed by atoms with E-state index in [1.807, 2.05) is 19.1 Å². The number of carbonyl (C=O) groups is 1. The van der Waals surface area contributed by atoms with Crippen LogP contribution in [0.1, 0.15) is 11.1 Å². The molecule has 0 amide bonds. The highest BCUT2D eigenvalue weighted by atomic mass is 32.2. The van der Waals surface area contributed by atoms with Crippen molar-refractivity contribution < 1.29 is 9.53 Å². The van der Waals surface area contributed by atoms with Crippen molar-refractivity contribution in [2.75, 3.05) is 26.0 Å². The fourth-order valence-corrected chi connectivity index (χ4v) is 4.28. The number of ether oxygens (including phenoxy) is 1. The van der Waals surface area contributed by atoms with E-state index in [1.165, 1.54) is 12.7 Å². The first-order chi connectivity index (χ1) is 12.0. The van der Waals surface area contributed by atoms with Gasteiger partial charge in [0, 0.05) is 18.8 Å². The molecular formula is C16H21N5O2S2. The summed E-state index contributed by atoms with van der Waals surface area (Å²) in [5, 5.41) is 8.25. The number of rotatable bonds is 4. The maximum atomic E-state index is 11.8. The van der Waals surface area contributed by atoms with Gasteiger partial charge in [0.05, 0.1) is 19.5 Å². The first-order valence-electron chi connectivity index (χ1n) is 8.02. The van der Waals surface area contributed by atoms with Crippen LogP contribution >= 0.6 is 24.0 Å². The third-order valence-electron chi connectivity index (χ3n) is 4.17. The molecule has 0 radical (unpaired) electrons. The summed E-state index contributed by atoms with van der Waals surface area (Å²) in [6.45, 7) is 6.09. The highest BCUT2D eigenvalue weighted by Crippen LogP contribution is 2.20.